The summed E-state index contributed by atoms with van der Waals surface area (Å²) in [6.45, 7) is 12.5. The highest BCUT2D eigenvalue weighted by atomic mass is 16.3. The maximum Gasteiger partial charge on any atom is 0.190 e. The van der Waals surface area contributed by atoms with Gasteiger partial charge in [0.2, 0.25) is 0 Å². The molecule has 0 saturated heterocycles. The summed E-state index contributed by atoms with van der Waals surface area (Å²) < 4.78 is 0. The van der Waals surface area contributed by atoms with E-state index in [1.54, 1.807) is 12.1 Å². The van der Waals surface area contributed by atoms with Gasteiger partial charge in [0.05, 0.1) is 6.20 Å². The molecule has 5 heteroatoms. The number of aromatic hydroxyl groups is 1. The molecule has 0 amide bonds. The van der Waals surface area contributed by atoms with Gasteiger partial charge in [0.1, 0.15) is 11.4 Å². The number of aromatic nitrogens is 3. The van der Waals surface area contributed by atoms with E-state index in [9.17, 15) is 9.90 Å². The number of carbonyl (C=O) groups excluding carboxylic acids is 1. The van der Waals surface area contributed by atoms with Gasteiger partial charge in [0.15, 0.2) is 5.78 Å². The molecule has 2 aromatic rings. The van der Waals surface area contributed by atoms with Gasteiger partial charge >= 0.3 is 0 Å². The molecule has 1 unspecified atom stereocenters. The molecule has 0 aliphatic carbocycles. The van der Waals surface area contributed by atoms with Crippen molar-refractivity contribution in [3.05, 3.63) is 47.3 Å². The second-order valence-electron chi connectivity index (χ2n) is 8.71. The Balaban J connectivity index is 2.51. The van der Waals surface area contributed by atoms with Crippen molar-refractivity contribution in [2.24, 2.45) is 5.41 Å². The Morgan fingerprint density at radius 1 is 1.12 bits per heavy atom. The summed E-state index contributed by atoms with van der Waals surface area (Å²) in [4.78, 5) is 13.1. The molecule has 1 aromatic carbocycles. The van der Waals surface area contributed by atoms with Crippen molar-refractivity contribution in [2.45, 2.75) is 59.3 Å². The van der Waals surface area contributed by atoms with Crippen molar-refractivity contribution in [3.8, 4) is 5.75 Å². The number of hydrogen-bond acceptors (Lipinski definition) is 5. The normalized spacial score (nSPS) is 13.5. The predicted octanol–water partition coefficient (Wildman–Crippen LogP) is 4.28. The molecule has 0 aliphatic heterocycles. The van der Waals surface area contributed by atoms with E-state index >= 15 is 0 Å². The third kappa shape index (κ3) is 4.84. The molecule has 1 heterocycles. The fourth-order valence-corrected chi connectivity index (χ4v) is 2.90. The van der Waals surface area contributed by atoms with Crippen molar-refractivity contribution in [1.29, 1.82) is 0 Å². The number of hydrogen-bond donors (Lipinski definition) is 1. The fourth-order valence-electron chi connectivity index (χ4n) is 2.90. The Labute approximate surface area is 149 Å². The van der Waals surface area contributed by atoms with Crippen LogP contribution >= 0.6 is 0 Å². The van der Waals surface area contributed by atoms with E-state index in [0.717, 1.165) is 11.1 Å². The van der Waals surface area contributed by atoms with Crippen molar-refractivity contribution in [2.75, 3.05) is 0 Å². The van der Waals surface area contributed by atoms with Crippen molar-refractivity contribution < 1.29 is 9.90 Å². The molecule has 1 N–H and O–H groups in total. The minimum atomic E-state index is -0.349. The summed E-state index contributed by atoms with van der Waals surface area (Å²) in [5.74, 6) is -0.171. The Kier molecular flexibility index (Phi) is 5.26. The van der Waals surface area contributed by atoms with Gasteiger partial charge in [0.25, 0.3) is 0 Å². The molecule has 0 aliphatic rings. The van der Waals surface area contributed by atoms with E-state index in [1.807, 2.05) is 32.9 Å². The quantitative estimate of drug-likeness (QED) is 0.840. The molecule has 0 fully saturated rings. The van der Waals surface area contributed by atoms with Crippen molar-refractivity contribution in [1.82, 2.24) is 15.4 Å². The zero-order valence-corrected chi connectivity index (χ0v) is 15.9. The summed E-state index contributed by atoms with van der Waals surface area (Å²) in [5, 5.41) is 21.3. The van der Waals surface area contributed by atoms with Gasteiger partial charge in [-0.15, -0.1) is 10.2 Å². The van der Waals surface area contributed by atoms with Crippen LogP contribution in [0.1, 0.15) is 75.5 Å². The molecule has 5 nitrogen and oxygen atoms in total. The molecule has 2 rings (SSSR count). The first-order valence-electron chi connectivity index (χ1n) is 8.51. The average Bonchev–Trinajstić information content (AvgIpc) is 2.51. The van der Waals surface area contributed by atoms with Crippen LogP contribution in [0.15, 0.2) is 30.5 Å². The first-order valence-corrected chi connectivity index (χ1v) is 8.51. The van der Waals surface area contributed by atoms with Crippen molar-refractivity contribution in [3.63, 3.8) is 0 Å². The molecular formula is C20H27N3O2. The molecule has 25 heavy (non-hydrogen) atoms. The number of ketones is 1. The van der Waals surface area contributed by atoms with E-state index in [0.29, 0.717) is 12.1 Å². The smallest absolute Gasteiger partial charge is 0.190 e. The second kappa shape index (κ2) is 6.90. The highest BCUT2D eigenvalue weighted by molar-refractivity contribution is 5.99. The summed E-state index contributed by atoms with van der Waals surface area (Å²) in [6, 6.07) is 7.04. The zero-order chi connectivity index (χ0) is 18.8. The monoisotopic (exact) mass is 341 g/mol. The molecule has 1 aromatic heterocycles. The number of benzene rings is 1. The van der Waals surface area contributed by atoms with Crippen LogP contribution in [0.3, 0.4) is 0 Å². The Hall–Kier alpha value is -2.30. The topological polar surface area (TPSA) is 76.0 Å². The predicted molar refractivity (Wildman–Crippen MR) is 97.8 cm³/mol. The lowest BCUT2D eigenvalue weighted by Crippen LogP contribution is -2.22. The van der Waals surface area contributed by atoms with Crippen LogP contribution in [0.25, 0.3) is 0 Å². The van der Waals surface area contributed by atoms with Crippen LogP contribution in [0.4, 0.5) is 0 Å². The number of nitrogens with zero attached hydrogens (tertiary/aromatic N) is 3. The van der Waals surface area contributed by atoms with Gasteiger partial charge < -0.3 is 5.11 Å². The van der Waals surface area contributed by atoms with Crippen LogP contribution in [0.2, 0.25) is 0 Å². The third-order valence-corrected chi connectivity index (χ3v) is 4.12. The van der Waals surface area contributed by atoms with Crippen LogP contribution in [0.5, 0.6) is 5.75 Å². The lowest BCUT2D eigenvalue weighted by molar-refractivity contribution is 0.0929. The third-order valence-electron chi connectivity index (χ3n) is 4.12. The highest BCUT2D eigenvalue weighted by Crippen LogP contribution is 2.38. The highest BCUT2D eigenvalue weighted by Gasteiger charge is 2.30. The van der Waals surface area contributed by atoms with Gasteiger partial charge in [-0.25, -0.2) is 0 Å². The van der Waals surface area contributed by atoms with Gasteiger partial charge in [0, 0.05) is 5.92 Å². The standard InChI is InChI=1S/C20H27N3O2/c1-19(2,3)12-14(18(25)16-9-10-21-23-22-16)13-7-8-17(24)15(11-13)20(4,5)6/h7-11,14,24H,12H2,1-6H3. The molecule has 0 saturated carbocycles. The molecule has 134 valence electrons. The van der Waals surface area contributed by atoms with E-state index in [4.69, 9.17) is 0 Å². The minimum Gasteiger partial charge on any atom is -0.508 e. The molecule has 0 spiro atoms. The zero-order valence-electron chi connectivity index (χ0n) is 15.9. The van der Waals surface area contributed by atoms with Gasteiger partial charge in [-0.3, -0.25) is 4.79 Å². The van der Waals surface area contributed by atoms with Crippen molar-refractivity contribution >= 4 is 5.78 Å². The van der Waals surface area contributed by atoms with E-state index in [2.05, 4.69) is 36.2 Å². The molecule has 0 radical (unpaired) electrons. The largest absolute Gasteiger partial charge is 0.508 e. The summed E-state index contributed by atoms with van der Waals surface area (Å²) >= 11 is 0. The number of phenolic OH excluding ortho intramolecular Hbond substituents is 1. The summed E-state index contributed by atoms with van der Waals surface area (Å²) in [5.41, 5.74) is 1.78. The number of carbonyl (C=O) groups is 1. The number of rotatable bonds is 4. The van der Waals surface area contributed by atoms with E-state index in [-0.39, 0.29) is 28.3 Å². The summed E-state index contributed by atoms with van der Waals surface area (Å²) in [6.07, 6.45) is 2.15. The first kappa shape index (κ1) is 19.0. The van der Waals surface area contributed by atoms with E-state index < -0.39 is 0 Å². The maximum absolute atomic E-state index is 13.1. The molecule has 1 atom stereocenters. The van der Waals surface area contributed by atoms with Crippen LogP contribution in [-0.4, -0.2) is 26.3 Å². The fraction of sp³-hybridized carbons (Fsp3) is 0.500. The van der Waals surface area contributed by atoms with Gasteiger partial charge in [-0.2, -0.15) is 0 Å². The van der Waals surface area contributed by atoms with Crippen LogP contribution < -0.4 is 0 Å². The molecule has 0 bridgehead atoms. The lowest BCUT2D eigenvalue weighted by Gasteiger charge is -2.27. The number of Topliss-reactive ketones (excluding diaryl/α,β-unsaturated/α-hetero) is 1. The second-order valence-corrected chi connectivity index (χ2v) is 8.71. The van der Waals surface area contributed by atoms with Crippen LogP contribution in [-0.2, 0) is 5.41 Å². The first-order chi connectivity index (χ1) is 11.5. The molecular weight excluding hydrogens is 314 g/mol. The Morgan fingerprint density at radius 3 is 2.32 bits per heavy atom. The average molecular weight is 341 g/mol. The Bertz CT molecular complexity index is 744. The summed E-state index contributed by atoms with van der Waals surface area (Å²) in [7, 11) is 0. The maximum atomic E-state index is 13.1. The van der Waals surface area contributed by atoms with Gasteiger partial charge in [-0.05, 0) is 45.7 Å². The minimum absolute atomic E-state index is 0.0411. The van der Waals surface area contributed by atoms with Gasteiger partial charge in [-0.1, -0.05) is 53.7 Å². The Morgan fingerprint density at radius 2 is 1.80 bits per heavy atom. The number of phenols is 1. The lowest BCUT2D eigenvalue weighted by atomic mass is 9.77. The SMILES string of the molecule is CC(C)(C)CC(C(=O)c1ccnnn1)c1ccc(O)c(C(C)(C)C)c1. The van der Waals surface area contributed by atoms with Crippen LogP contribution in [0, 0.1) is 5.41 Å². The van der Waals surface area contributed by atoms with E-state index in [1.165, 1.54) is 6.20 Å².